The van der Waals surface area contributed by atoms with Crippen molar-refractivity contribution in [3.8, 4) is 0 Å². The van der Waals surface area contributed by atoms with Crippen molar-refractivity contribution in [1.29, 1.82) is 0 Å². The van der Waals surface area contributed by atoms with Gasteiger partial charge in [0, 0.05) is 12.7 Å². The van der Waals surface area contributed by atoms with Gasteiger partial charge in [-0.05, 0) is 0 Å². The number of carbonyl (C=O) groups is 2. The van der Waals surface area contributed by atoms with E-state index in [1.165, 1.54) is 6.20 Å². The second-order valence-electron chi connectivity index (χ2n) is 3.62. The molecule has 10 heteroatoms. The number of carboxylic acid groups (broad SMARTS) is 1. The molecule has 2 rings (SSSR count). The van der Waals surface area contributed by atoms with Gasteiger partial charge in [0.25, 0.3) is 0 Å². The largest absolute Gasteiger partial charge is 0.476 e. The highest BCUT2D eigenvalue weighted by molar-refractivity contribution is 5.84. The summed E-state index contributed by atoms with van der Waals surface area (Å²) < 4.78 is 2.74. The summed E-state index contributed by atoms with van der Waals surface area (Å²) in [5, 5.41) is 25.6. The summed E-state index contributed by atoms with van der Waals surface area (Å²) in [6.45, 7) is 0.809. The Hall–Kier alpha value is -2.78. The van der Waals surface area contributed by atoms with Crippen LogP contribution in [-0.2, 0) is 17.9 Å². The molecule has 0 atom stereocenters. The van der Waals surface area contributed by atoms with E-state index in [0.717, 1.165) is 4.68 Å². The summed E-state index contributed by atoms with van der Waals surface area (Å²) in [5.74, 6) is -1.47. The first-order valence-electron chi connectivity index (χ1n) is 5.39. The van der Waals surface area contributed by atoms with Crippen molar-refractivity contribution in [1.82, 2.24) is 35.3 Å². The van der Waals surface area contributed by atoms with Crippen LogP contribution in [0.4, 0.5) is 0 Å². The molecule has 0 bridgehead atoms. The van der Waals surface area contributed by atoms with Crippen molar-refractivity contribution in [2.24, 2.45) is 0 Å². The number of carboxylic acids is 1. The lowest BCUT2D eigenvalue weighted by atomic mass is 10.5. The maximum Gasteiger partial charge on any atom is 0.358 e. The van der Waals surface area contributed by atoms with Gasteiger partial charge in [0.05, 0.1) is 18.9 Å². The Kier molecular flexibility index (Phi) is 3.81. The van der Waals surface area contributed by atoms with Crippen LogP contribution in [0.2, 0.25) is 0 Å². The van der Waals surface area contributed by atoms with E-state index in [1.54, 1.807) is 17.1 Å². The molecule has 0 aromatic carbocycles. The topological polar surface area (TPSA) is 128 Å². The predicted octanol–water partition coefficient (Wildman–Crippen LogP) is -1.62. The summed E-state index contributed by atoms with van der Waals surface area (Å²) in [7, 11) is 0. The van der Waals surface area contributed by atoms with Crippen molar-refractivity contribution in [3.63, 3.8) is 0 Å². The van der Waals surface area contributed by atoms with Crippen molar-refractivity contribution in [2.45, 2.75) is 13.1 Å². The van der Waals surface area contributed by atoms with Gasteiger partial charge < -0.3 is 10.4 Å². The first-order chi connectivity index (χ1) is 9.15. The zero-order valence-corrected chi connectivity index (χ0v) is 9.80. The number of aromatic nitrogens is 6. The highest BCUT2D eigenvalue weighted by Gasteiger charge is 2.10. The fourth-order valence-corrected chi connectivity index (χ4v) is 1.34. The molecule has 10 nitrogen and oxygen atoms in total. The summed E-state index contributed by atoms with van der Waals surface area (Å²) in [4.78, 5) is 22.1. The van der Waals surface area contributed by atoms with Gasteiger partial charge in [-0.3, -0.25) is 9.48 Å². The maximum absolute atomic E-state index is 11.5. The molecule has 19 heavy (non-hydrogen) atoms. The van der Waals surface area contributed by atoms with Crippen LogP contribution < -0.4 is 5.32 Å². The highest BCUT2D eigenvalue weighted by atomic mass is 16.4. The van der Waals surface area contributed by atoms with Gasteiger partial charge in [-0.25, -0.2) is 9.48 Å². The van der Waals surface area contributed by atoms with Crippen LogP contribution in [0.1, 0.15) is 10.5 Å². The van der Waals surface area contributed by atoms with Crippen molar-refractivity contribution in [3.05, 3.63) is 24.3 Å². The molecule has 0 fully saturated rings. The zero-order valence-electron chi connectivity index (χ0n) is 9.80. The lowest BCUT2D eigenvalue weighted by molar-refractivity contribution is -0.121. The fourth-order valence-electron chi connectivity index (χ4n) is 1.34. The first kappa shape index (κ1) is 12.7. The Morgan fingerprint density at radius 1 is 1.32 bits per heavy atom. The number of nitrogens with one attached hydrogen (secondary N) is 1. The molecule has 2 aromatic rings. The molecular formula is C9H11N7O3. The molecule has 1 amide bonds. The molecule has 0 aliphatic heterocycles. The lowest BCUT2D eigenvalue weighted by Crippen LogP contribution is -2.30. The average molecular weight is 265 g/mol. The van der Waals surface area contributed by atoms with Crippen LogP contribution in [0, 0.1) is 0 Å². The third kappa shape index (κ3) is 3.59. The van der Waals surface area contributed by atoms with Gasteiger partial charge in [-0.1, -0.05) is 10.4 Å². The van der Waals surface area contributed by atoms with Gasteiger partial charge >= 0.3 is 5.97 Å². The number of amides is 1. The highest BCUT2D eigenvalue weighted by Crippen LogP contribution is 1.92. The molecule has 0 aliphatic rings. The summed E-state index contributed by atoms with van der Waals surface area (Å²) in [5.41, 5.74) is -0.199. The van der Waals surface area contributed by atoms with Crippen LogP contribution in [-0.4, -0.2) is 53.5 Å². The van der Waals surface area contributed by atoms with Crippen molar-refractivity contribution in [2.75, 3.05) is 6.54 Å². The van der Waals surface area contributed by atoms with Crippen molar-refractivity contribution < 1.29 is 14.7 Å². The normalized spacial score (nSPS) is 10.3. The second kappa shape index (κ2) is 5.71. The number of hydrogen-bond donors (Lipinski definition) is 2. The molecule has 0 aliphatic carbocycles. The minimum absolute atomic E-state index is 0.0857. The van der Waals surface area contributed by atoms with E-state index in [2.05, 4.69) is 25.9 Å². The standard InChI is InChI=1S/C9H11N7O3/c17-8(10-1-3-15-4-2-11-13-15)6-16-5-7(9(18)19)12-14-16/h2,4-5H,1,3,6H2,(H,10,17)(H,18,19). The van der Waals surface area contributed by atoms with Gasteiger partial charge in [0.2, 0.25) is 5.91 Å². The number of aromatic carboxylic acids is 1. The molecule has 2 aromatic heterocycles. The van der Waals surface area contributed by atoms with Gasteiger partial charge in [0.15, 0.2) is 5.69 Å². The molecule has 0 radical (unpaired) electrons. The summed E-state index contributed by atoms with van der Waals surface area (Å²) in [6, 6.07) is 0. The van der Waals surface area contributed by atoms with Crippen LogP contribution in [0.5, 0.6) is 0 Å². The first-order valence-corrected chi connectivity index (χ1v) is 5.39. The van der Waals surface area contributed by atoms with E-state index in [4.69, 9.17) is 5.11 Å². The van der Waals surface area contributed by atoms with Crippen LogP contribution in [0.3, 0.4) is 0 Å². The fraction of sp³-hybridized carbons (Fsp3) is 0.333. The number of hydrogen-bond acceptors (Lipinski definition) is 6. The van der Waals surface area contributed by atoms with Gasteiger partial charge in [-0.15, -0.1) is 10.2 Å². The molecule has 0 saturated heterocycles. The Labute approximate surface area is 107 Å². The third-order valence-electron chi connectivity index (χ3n) is 2.20. The van der Waals surface area contributed by atoms with E-state index >= 15 is 0 Å². The molecule has 0 spiro atoms. The molecule has 0 unspecified atom stereocenters. The quantitative estimate of drug-likeness (QED) is 0.642. The minimum atomic E-state index is -1.18. The van der Waals surface area contributed by atoms with Gasteiger partial charge in [-0.2, -0.15) is 0 Å². The number of nitrogens with zero attached hydrogens (tertiary/aromatic N) is 6. The average Bonchev–Trinajstić information content (AvgIpc) is 3.00. The van der Waals surface area contributed by atoms with E-state index in [1.807, 2.05) is 0 Å². The molecule has 2 N–H and O–H groups in total. The Morgan fingerprint density at radius 3 is 2.79 bits per heavy atom. The van der Waals surface area contributed by atoms with Crippen LogP contribution >= 0.6 is 0 Å². The predicted molar refractivity (Wildman–Crippen MR) is 60.0 cm³/mol. The SMILES string of the molecule is O=C(Cn1cc(C(=O)O)nn1)NCCn1ccnn1. The van der Waals surface area contributed by atoms with Gasteiger partial charge in [0.1, 0.15) is 6.54 Å². The smallest absolute Gasteiger partial charge is 0.358 e. The molecule has 0 saturated carbocycles. The Bertz CT molecular complexity index is 562. The Balaban J connectivity index is 1.75. The summed E-state index contributed by atoms with van der Waals surface area (Å²) >= 11 is 0. The molecular weight excluding hydrogens is 254 g/mol. The van der Waals surface area contributed by atoms with E-state index in [9.17, 15) is 9.59 Å². The maximum atomic E-state index is 11.5. The second-order valence-corrected chi connectivity index (χ2v) is 3.62. The lowest BCUT2D eigenvalue weighted by Gasteiger charge is -2.04. The van der Waals surface area contributed by atoms with E-state index < -0.39 is 5.97 Å². The summed E-state index contributed by atoms with van der Waals surface area (Å²) in [6.07, 6.45) is 4.42. The van der Waals surface area contributed by atoms with Crippen LogP contribution in [0.25, 0.3) is 0 Å². The number of carbonyl (C=O) groups excluding carboxylic acids is 1. The van der Waals surface area contributed by atoms with Crippen LogP contribution in [0.15, 0.2) is 18.6 Å². The number of rotatable bonds is 6. The zero-order chi connectivity index (χ0) is 13.7. The van der Waals surface area contributed by atoms with Crippen molar-refractivity contribution >= 4 is 11.9 Å². The Morgan fingerprint density at radius 2 is 2.16 bits per heavy atom. The monoisotopic (exact) mass is 265 g/mol. The molecule has 2 heterocycles. The minimum Gasteiger partial charge on any atom is -0.476 e. The molecule has 100 valence electrons. The van der Waals surface area contributed by atoms with E-state index in [0.29, 0.717) is 13.1 Å². The van der Waals surface area contributed by atoms with E-state index in [-0.39, 0.29) is 18.1 Å². The third-order valence-corrected chi connectivity index (χ3v) is 2.20.